The van der Waals surface area contributed by atoms with E-state index in [2.05, 4.69) is 0 Å². The topological polar surface area (TPSA) is 44.8 Å². The van der Waals surface area contributed by atoms with Crippen molar-refractivity contribution in [1.29, 1.82) is 0 Å². The first-order chi connectivity index (χ1) is 7.66. The molecule has 1 aromatic rings. The monoisotopic (exact) mass is 230 g/mol. The van der Waals surface area contributed by atoms with Gasteiger partial charge in [-0.25, -0.2) is 13.6 Å². The average Bonchev–Trinajstić information content (AvgIpc) is 2.75. The molecule has 1 fully saturated rings. The van der Waals surface area contributed by atoms with Crippen molar-refractivity contribution < 1.29 is 27.8 Å². The number of hydrogen-bond donors (Lipinski definition) is 0. The molecule has 16 heavy (non-hydrogen) atoms. The van der Waals surface area contributed by atoms with E-state index in [0.717, 1.165) is 12.1 Å². The summed E-state index contributed by atoms with van der Waals surface area (Å²) in [5.41, 5.74) is 0. The van der Waals surface area contributed by atoms with Crippen LogP contribution >= 0.6 is 0 Å². The first-order valence-corrected chi connectivity index (χ1v) is 4.53. The number of halogens is 2. The molecule has 0 amide bonds. The van der Waals surface area contributed by atoms with E-state index >= 15 is 0 Å². The third-order valence-corrected chi connectivity index (χ3v) is 1.99. The molecule has 6 heteroatoms. The number of ether oxygens (including phenoxy) is 3. The molecule has 4 nitrogen and oxygen atoms in total. The standard InChI is InChI=1S/C10H8F2O4/c11-6-1-2-8(7(12)3-6)16-10(13)9-4-14-5-15-9/h1-3,9H,4-5H2. The Morgan fingerprint density at radius 1 is 1.44 bits per heavy atom. The second-order valence-electron chi connectivity index (χ2n) is 3.14. The summed E-state index contributed by atoms with van der Waals surface area (Å²) >= 11 is 0. The van der Waals surface area contributed by atoms with Gasteiger partial charge >= 0.3 is 5.97 Å². The number of benzene rings is 1. The predicted molar refractivity (Wildman–Crippen MR) is 47.7 cm³/mol. The maximum Gasteiger partial charge on any atom is 0.343 e. The summed E-state index contributed by atoms with van der Waals surface area (Å²) in [7, 11) is 0. The van der Waals surface area contributed by atoms with Crippen LogP contribution in [0, 0.1) is 11.6 Å². The summed E-state index contributed by atoms with van der Waals surface area (Å²) in [6, 6.07) is 2.67. The van der Waals surface area contributed by atoms with E-state index in [1.54, 1.807) is 0 Å². The number of esters is 1. The van der Waals surface area contributed by atoms with Gasteiger partial charge in [0.15, 0.2) is 17.7 Å². The van der Waals surface area contributed by atoms with Crippen LogP contribution in [0.4, 0.5) is 8.78 Å². The quantitative estimate of drug-likeness (QED) is 0.566. The van der Waals surface area contributed by atoms with E-state index in [1.807, 2.05) is 0 Å². The minimum atomic E-state index is -0.938. The van der Waals surface area contributed by atoms with Gasteiger partial charge in [-0.2, -0.15) is 0 Å². The predicted octanol–water partition coefficient (Wildman–Crippen LogP) is 1.24. The lowest BCUT2D eigenvalue weighted by molar-refractivity contribution is -0.144. The Bertz CT molecular complexity index is 402. The lowest BCUT2D eigenvalue weighted by atomic mass is 10.3. The zero-order valence-electron chi connectivity index (χ0n) is 8.11. The molecule has 0 saturated carbocycles. The Morgan fingerprint density at radius 3 is 2.88 bits per heavy atom. The summed E-state index contributed by atoms with van der Waals surface area (Å²) < 4.78 is 40.0. The Kier molecular flexibility index (Phi) is 3.12. The molecule has 0 radical (unpaired) electrons. The molecule has 2 rings (SSSR count). The highest BCUT2D eigenvalue weighted by Gasteiger charge is 2.27. The van der Waals surface area contributed by atoms with Gasteiger partial charge in [-0.1, -0.05) is 0 Å². The zero-order chi connectivity index (χ0) is 11.5. The van der Waals surface area contributed by atoms with Crippen LogP contribution in [0.5, 0.6) is 5.75 Å². The lowest BCUT2D eigenvalue weighted by Crippen LogP contribution is -2.27. The van der Waals surface area contributed by atoms with Crippen LogP contribution in [0.3, 0.4) is 0 Å². The van der Waals surface area contributed by atoms with E-state index in [0.29, 0.717) is 6.07 Å². The minimum Gasteiger partial charge on any atom is -0.421 e. The molecule has 0 bridgehead atoms. The smallest absolute Gasteiger partial charge is 0.343 e. The molecule has 1 saturated heterocycles. The zero-order valence-corrected chi connectivity index (χ0v) is 8.11. The van der Waals surface area contributed by atoms with Crippen molar-refractivity contribution in [2.45, 2.75) is 6.10 Å². The third-order valence-electron chi connectivity index (χ3n) is 1.99. The first-order valence-electron chi connectivity index (χ1n) is 4.53. The number of rotatable bonds is 2. The van der Waals surface area contributed by atoms with Crippen LogP contribution in [-0.4, -0.2) is 25.5 Å². The van der Waals surface area contributed by atoms with E-state index < -0.39 is 23.7 Å². The van der Waals surface area contributed by atoms with Crippen molar-refractivity contribution in [3.05, 3.63) is 29.8 Å². The summed E-state index contributed by atoms with van der Waals surface area (Å²) in [5.74, 6) is -2.77. The van der Waals surface area contributed by atoms with Gasteiger partial charge < -0.3 is 14.2 Å². The van der Waals surface area contributed by atoms with Crippen molar-refractivity contribution in [2.75, 3.05) is 13.4 Å². The Hall–Kier alpha value is -1.53. The van der Waals surface area contributed by atoms with Crippen molar-refractivity contribution in [3.8, 4) is 5.75 Å². The maximum atomic E-state index is 13.1. The molecule has 0 spiro atoms. The molecule has 1 atom stereocenters. The molecule has 1 aliphatic rings. The Labute approximate surface area is 89.7 Å². The van der Waals surface area contributed by atoms with Crippen LogP contribution in [0.15, 0.2) is 18.2 Å². The molecule has 1 aromatic carbocycles. The second kappa shape index (κ2) is 4.54. The maximum absolute atomic E-state index is 13.1. The van der Waals surface area contributed by atoms with Gasteiger partial charge in [-0.05, 0) is 12.1 Å². The van der Waals surface area contributed by atoms with Crippen LogP contribution in [0.25, 0.3) is 0 Å². The fourth-order valence-corrected chi connectivity index (χ4v) is 1.20. The summed E-state index contributed by atoms with van der Waals surface area (Å²) in [5, 5.41) is 0. The first kappa shape index (κ1) is 11.0. The largest absolute Gasteiger partial charge is 0.421 e. The van der Waals surface area contributed by atoms with E-state index in [1.165, 1.54) is 0 Å². The fourth-order valence-electron chi connectivity index (χ4n) is 1.20. The number of hydrogen-bond acceptors (Lipinski definition) is 4. The molecule has 1 heterocycles. The molecule has 0 N–H and O–H groups in total. The SMILES string of the molecule is O=C(Oc1ccc(F)cc1F)C1COCO1. The van der Waals surface area contributed by atoms with Crippen LogP contribution < -0.4 is 4.74 Å². The lowest BCUT2D eigenvalue weighted by Gasteiger charge is -2.08. The van der Waals surface area contributed by atoms with Gasteiger partial charge in [0.2, 0.25) is 0 Å². The van der Waals surface area contributed by atoms with Gasteiger partial charge in [0.1, 0.15) is 12.6 Å². The third kappa shape index (κ3) is 2.34. The van der Waals surface area contributed by atoms with Gasteiger partial charge in [0.25, 0.3) is 0 Å². The van der Waals surface area contributed by atoms with Crippen LogP contribution in [0.1, 0.15) is 0 Å². The van der Waals surface area contributed by atoms with Crippen molar-refractivity contribution >= 4 is 5.97 Å². The number of carbonyl (C=O) groups excluding carboxylic acids is 1. The Morgan fingerprint density at radius 2 is 2.25 bits per heavy atom. The second-order valence-corrected chi connectivity index (χ2v) is 3.14. The molecule has 0 aliphatic carbocycles. The molecular formula is C10H8F2O4. The van der Waals surface area contributed by atoms with E-state index in [-0.39, 0.29) is 19.1 Å². The van der Waals surface area contributed by atoms with E-state index in [9.17, 15) is 13.6 Å². The minimum absolute atomic E-state index is 0.00562. The molecule has 1 aliphatic heterocycles. The molecule has 0 aromatic heterocycles. The highest BCUT2D eigenvalue weighted by Crippen LogP contribution is 2.19. The van der Waals surface area contributed by atoms with E-state index in [4.69, 9.17) is 14.2 Å². The van der Waals surface area contributed by atoms with Gasteiger partial charge in [0.05, 0.1) is 6.61 Å². The highest BCUT2D eigenvalue weighted by molar-refractivity contribution is 5.77. The fraction of sp³-hybridized carbons (Fsp3) is 0.300. The summed E-state index contributed by atoms with van der Waals surface area (Å²) in [6.07, 6.45) is -0.857. The van der Waals surface area contributed by atoms with Crippen molar-refractivity contribution in [3.63, 3.8) is 0 Å². The van der Waals surface area contributed by atoms with Crippen molar-refractivity contribution in [1.82, 2.24) is 0 Å². The average molecular weight is 230 g/mol. The molecule has 86 valence electrons. The Balaban J connectivity index is 2.05. The number of carbonyl (C=O) groups is 1. The molecular weight excluding hydrogens is 222 g/mol. The van der Waals surface area contributed by atoms with Gasteiger partial charge in [-0.15, -0.1) is 0 Å². The summed E-state index contributed by atoms with van der Waals surface area (Å²) in [6.45, 7) is 0.0767. The van der Waals surface area contributed by atoms with Gasteiger partial charge in [0, 0.05) is 6.07 Å². The van der Waals surface area contributed by atoms with Gasteiger partial charge in [-0.3, -0.25) is 0 Å². The highest BCUT2D eigenvalue weighted by atomic mass is 19.1. The van der Waals surface area contributed by atoms with Crippen LogP contribution in [-0.2, 0) is 14.3 Å². The van der Waals surface area contributed by atoms with Crippen molar-refractivity contribution in [2.24, 2.45) is 0 Å². The van der Waals surface area contributed by atoms with Crippen LogP contribution in [0.2, 0.25) is 0 Å². The normalized spacial score (nSPS) is 19.8. The molecule has 1 unspecified atom stereocenters. The summed E-state index contributed by atoms with van der Waals surface area (Å²) in [4.78, 5) is 11.4.